The number of nitrogens with one attached hydrogen (secondary N) is 2. The molecule has 3 unspecified atom stereocenters. The fourth-order valence-corrected chi connectivity index (χ4v) is 6.18. The van der Waals surface area contributed by atoms with Gasteiger partial charge in [0.05, 0.1) is 6.10 Å². The van der Waals surface area contributed by atoms with Crippen LogP contribution in [0.3, 0.4) is 0 Å². The maximum atomic E-state index is 6.05. The van der Waals surface area contributed by atoms with Crippen LogP contribution in [0, 0.1) is 11.3 Å². The van der Waals surface area contributed by atoms with Crippen LogP contribution in [0.2, 0.25) is 0 Å². The predicted molar refractivity (Wildman–Crippen MR) is 127 cm³/mol. The maximum Gasteiger partial charge on any atom is 0.191 e. The largest absolute Gasteiger partial charge is 0.377 e. The van der Waals surface area contributed by atoms with Gasteiger partial charge in [-0.2, -0.15) is 0 Å². The highest BCUT2D eigenvalue weighted by atomic mass is 127. The number of ether oxygens (including phenoxy) is 1. The number of likely N-dealkylation sites (tertiary alicyclic amines) is 1. The summed E-state index contributed by atoms with van der Waals surface area (Å²) in [6.45, 7) is 8.10. The van der Waals surface area contributed by atoms with E-state index in [-0.39, 0.29) is 29.4 Å². The van der Waals surface area contributed by atoms with Crippen LogP contribution in [-0.2, 0) is 4.74 Å². The average molecular weight is 505 g/mol. The molecule has 2 aliphatic heterocycles. The van der Waals surface area contributed by atoms with Gasteiger partial charge >= 0.3 is 0 Å². The van der Waals surface area contributed by atoms with E-state index in [1.165, 1.54) is 70.9 Å². The summed E-state index contributed by atoms with van der Waals surface area (Å²) in [7, 11) is 1.91. The molecule has 28 heavy (non-hydrogen) atoms. The smallest absolute Gasteiger partial charge is 0.191 e. The Morgan fingerprint density at radius 1 is 0.964 bits per heavy atom. The quantitative estimate of drug-likeness (QED) is 0.349. The number of halogens is 1. The molecule has 2 heterocycles. The summed E-state index contributed by atoms with van der Waals surface area (Å²) in [5, 5.41) is 7.49. The number of hydrogen-bond acceptors (Lipinski definition) is 3. The Kier molecular flexibility index (Phi) is 7.93. The fraction of sp³-hybridized carbons (Fsp3) is 0.955. The molecule has 0 aromatic rings. The zero-order valence-electron chi connectivity index (χ0n) is 18.1. The second-order valence-electron chi connectivity index (χ2n) is 9.86. The lowest BCUT2D eigenvalue weighted by atomic mass is 9.55. The Morgan fingerprint density at radius 3 is 2.36 bits per heavy atom. The molecule has 0 aromatic heterocycles. The highest BCUT2D eigenvalue weighted by molar-refractivity contribution is 14.0. The van der Waals surface area contributed by atoms with E-state index < -0.39 is 0 Å². The van der Waals surface area contributed by atoms with Gasteiger partial charge in [0.15, 0.2) is 5.96 Å². The summed E-state index contributed by atoms with van der Waals surface area (Å²) in [5.41, 5.74) is 0.188. The summed E-state index contributed by atoms with van der Waals surface area (Å²) in [6.07, 6.45) is 12.5. The molecule has 2 aliphatic carbocycles. The SMILES string of the molecule is CN=C(NC1CCN(C2CCCCC2)CC1)NC1C2CCCOC2C1(C)C.I. The Hall–Kier alpha value is -0.0800. The number of fused-ring (bicyclic) bond motifs is 1. The van der Waals surface area contributed by atoms with E-state index in [1.807, 2.05) is 7.05 Å². The van der Waals surface area contributed by atoms with Crippen molar-refractivity contribution in [2.24, 2.45) is 16.3 Å². The molecule has 0 radical (unpaired) electrons. The minimum absolute atomic E-state index is 0. The topological polar surface area (TPSA) is 48.9 Å². The Bertz CT molecular complexity index is 527. The average Bonchev–Trinajstić information content (AvgIpc) is 2.72. The van der Waals surface area contributed by atoms with Crippen molar-refractivity contribution >= 4 is 29.9 Å². The van der Waals surface area contributed by atoms with Gasteiger partial charge in [0.25, 0.3) is 0 Å². The van der Waals surface area contributed by atoms with E-state index in [4.69, 9.17) is 4.74 Å². The van der Waals surface area contributed by atoms with Gasteiger partial charge in [0, 0.05) is 56.2 Å². The monoisotopic (exact) mass is 504 g/mol. The summed E-state index contributed by atoms with van der Waals surface area (Å²) in [6, 6.07) is 1.88. The zero-order chi connectivity index (χ0) is 18.9. The van der Waals surface area contributed by atoms with Crippen molar-refractivity contribution in [1.29, 1.82) is 0 Å². The van der Waals surface area contributed by atoms with Crippen molar-refractivity contribution in [3.05, 3.63) is 0 Å². The Balaban J connectivity index is 0.00000225. The second-order valence-corrected chi connectivity index (χ2v) is 9.86. The molecule has 162 valence electrons. The zero-order valence-corrected chi connectivity index (χ0v) is 20.4. The first kappa shape index (κ1) is 22.6. The molecule has 5 nitrogen and oxygen atoms in total. The van der Waals surface area contributed by atoms with Gasteiger partial charge in [-0.3, -0.25) is 4.99 Å². The standard InChI is InChI=1S/C22H40N4O.HI/c1-22(2)19(18-10-7-15-27-20(18)22)25-21(23-3)24-16-11-13-26(14-12-16)17-8-5-4-6-9-17;/h16-20H,4-15H2,1-3H3,(H2,23,24,25);1H. The molecule has 0 bridgehead atoms. The van der Waals surface area contributed by atoms with Crippen LogP contribution in [0.4, 0.5) is 0 Å². The lowest BCUT2D eigenvalue weighted by Gasteiger charge is -2.60. The van der Waals surface area contributed by atoms with Crippen molar-refractivity contribution < 1.29 is 4.74 Å². The van der Waals surface area contributed by atoms with Gasteiger partial charge in [-0.05, 0) is 38.5 Å². The molecule has 2 saturated heterocycles. The first-order valence-electron chi connectivity index (χ1n) is 11.4. The molecule has 4 rings (SSSR count). The van der Waals surface area contributed by atoms with E-state index in [1.54, 1.807) is 0 Å². The minimum Gasteiger partial charge on any atom is -0.377 e. The lowest BCUT2D eigenvalue weighted by Crippen LogP contribution is -2.71. The first-order chi connectivity index (χ1) is 13.1. The number of hydrogen-bond donors (Lipinski definition) is 2. The van der Waals surface area contributed by atoms with Gasteiger partial charge in [0.2, 0.25) is 0 Å². The van der Waals surface area contributed by atoms with Crippen molar-refractivity contribution in [3.63, 3.8) is 0 Å². The van der Waals surface area contributed by atoms with Crippen LogP contribution in [0.25, 0.3) is 0 Å². The number of nitrogens with zero attached hydrogens (tertiary/aromatic N) is 2. The summed E-state index contributed by atoms with van der Waals surface area (Å²) in [4.78, 5) is 7.31. The van der Waals surface area contributed by atoms with Gasteiger partial charge < -0.3 is 20.3 Å². The lowest BCUT2D eigenvalue weighted by molar-refractivity contribution is -0.188. The van der Waals surface area contributed by atoms with Gasteiger partial charge in [-0.1, -0.05) is 33.1 Å². The highest BCUT2D eigenvalue weighted by Gasteiger charge is 2.58. The molecule has 6 heteroatoms. The molecular weight excluding hydrogens is 463 g/mol. The predicted octanol–water partition coefficient (Wildman–Crippen LogP) is 3.77. The van der Waals surface area contributed by atoms with Crippen molar-refractivity contribution in [3.8, 4) is 0 Å². The third-order valence-corrected chi connectivity index (χ3v) is 7.81. The van der Waals surface area contributed by atoms with Gasteiger partial charge in [0.1, 0.15) is 0 Å². The molecule has 2 saturated carbocycles. The second kappa shape index (κ2) is 9.82. The van der Waals surface area contributed by atoms with Crippen molar-refractivity contribution in [2.75, 3.05) is 26.7 Å². The van der Waals surface area contributed by atoms with Crippen LogP contribution in [0.5, 0.6) is 0 Å². The molecule has 0 aromatic carbocycles. The van der Waals surface area contributed by atoms with Crippen LogP contribution >= 0.6 is 24.0 Å². The molecule has 4 aliphatic rings. The number of aliphatic imine (C=N–C) groups is 1. The molecule has 4 fully saturated rings. The number of guanidine groups is 1. The molecule has 2 N–H and O–H groups in total. The minimum atomic E-state index is 0. The van der Waals surface area contributed by atoms with Gasteiger partial charge in [-0.15, -0.1) is 24.0 Å². The molecule has 0 spiro atoms. The van der Waals surface area contributed by atoms with Crippen LogP contribution in [-0.4, -0.2) is 61.8 Å². The molecular formula is C22H41IN4O. The summed E-state index contributed by atoms with van der Waals surface area (Å²) < 4.78 is 6.05. The van der Waals surface area contributed by atoms with E-state index >= 15 is 0 Å². The van der Waals surface area contributed by atoms with E-state index in [0.29, 0.717) is 24.1 Å². The van der Waals surface area contributed by atoms with Crippen molar-refractivity contribution in [2.45, 2.75) is 95.9 Å². The molecule has 3 atom stereocenters. The third-order valence-electron chi connectivity index (χ3n) is 7.81. The van der Waals surface area contributed by atoms with Crippen LogP contribution in [0.15, 0.2) is 4.99 Å². The van der Waals surface area contributed by atoms with Gasteiger partial charge in [-0.25, -0.2) is 0 Å². The number of piperidine rings is 1. The van der Waals surface area contributed by atoms with Crippen LogP contribution in [0.1, 0.15) is 71.6 Å². The van der Waals surface area contributed by atoms with E-state index in [9.17, 15) is 0 Å². The Labute approximate surface area is 188 Å². The maximum absolute atomic E-state index is 6.05. The highest BCUT2D eigenvalue weighted by Crippen LogP contribution is 2.51. The summed E-state index contributed by atoms with van der Waals surface area (Å²) in [5.74, 6) is 1.63. The van der Waals surface area contributed by atoms with E-state index in [0.717, 1.165) is 18.6 Å². The van der Waals surface area contributed by atoms with Crippen LogP contribution < -0.4 is 10.6 Å². The third kappa shape index (κ3) is 4.64. The fourth-order valence-electron chi connectivity index (χ4n) is 6.18. The molecule has 0 amide bonds. The summed E-state index contributed by atoms with van der Waals surface area (Å²) >= 11 is 0. The van der Waals surface area contributed by atoms with E-state index in [2.05, 4.69) is 34.4 Å². The number of rotatable bonds is 3. The normalized spacial score (nSPS) is 34.7. The first-order valence-corrected chi connectivity index (χ1v) is 11.4. The Morgan fingerprint density at radius 2 is 1.68 bits per heavy atom. The van der Waals surface area contributed by atoms with Crippen molar-refractivity contribution in [1.82, 2.24) is 15.5 Å².